The average Bonchev–Trinajstić information content (AvgIpc) is 2.27. The summed E-state index contributed by atoms with van der Waals surface area (Å²) >= 11 is 0. The number of ether oxygens (including phenoxy) is 2. The third-order valence-corrected chi connectivity index (χ3v) is 2.94. The second-order valence-electron chi connectivity index (χ2n) is 4.49. The fraction of sp³-hybridized carbons (Fsp3) is 0.429. The molecule has 0 amide bonds. The highest BCUT2D eigenvalue weighted by Crippen LogP contribution is 2.33. The zero-order valence-corrected chi connectivity index (χ0v) is 10.3. The lowest BCUT2D eigenvalue weighted by atomic mass is 9.95. The third-order valence-electron chi connectivity index (χ3n) is 2.94. The monoisotopic (exact) mass is 218 g/mol. The molecule has 86 valence electrons. The molecule has 0 saturated carbocycles. The lowest BCUT2D eigenvalue weighted by Crippen LogP contribution is -2.04. The summed E-state index contributed by atoms with van der Waals surface area (Å²) in [5, 5.41) is 0. The van der Waals surface area contributed by atoms with E-state index in [1.165, 1.54) is 11.1 Å². The van der Waals surface area contributed by atoms with Gasteiger partial charge < -0.3 is 9.47 Å². The van der Waals surface area contributed by atoms with Gasteiger partial charge in [-0.3, -0.25) is 0 Å². The predicted octanol–water partition coefficient (Wildman–Crippen LogP) is 3.71. The van der Waals surface area contributed by atoms with Crippen LogP contribution < -0.4 is 4.74 Å². The summed E-state index contributed by atoms with van der Waals surface area (Å²) in [4.78, 5) is 0. The molecule has 16 heavy (non-hydrogen) atoms. The first-order valence-corrected chi connectivity index (χ1v) is 5.63. The van der Waals surface area contributed by atoms with Gasteiger partial charge in [-0.2, -0.15) is 0 Å². The first-order valence-electron chi connectivity index (χ1n) is 5.63. The van der Waals surface area contributed by atoms with Crippen LogP contribution in [0.3, 0.4) is 0 Å². The van der Waals surface area contributed by atoms with E-state index in [1.54, 1.807) is 7.11 Å². The van der Waals surface area contributed by atoms with Crippen LogP contribution in [0.4, 0.5) is 0 Å². The Balaban J connectivity index is 2.56. The molecule has 0 N–H and O–H groups in total. The van der Waals surface area contributed by atoms with Gasteiger partial charge in [0.15, 0.2) is 0 Å². The Morgan fingerprint density at radius 1 is 1.31 bits per heavy atom. The number of fused-ring (bicyclic) bond motifs is 1. The van der Waals surface area contributed by atoms with Gasteiger partial charge in [-0.1, -0.05) is 19.9 Å². The minimum Gasteiger partial charge on any atom is -0.496 e. The molecule has 1 aliphatic heterocycles. The van der Waals surface area contributed by atoms with Crippen LogP contribution in [0.5, 0.6) is 5.75 Å². The zero-order chi connectivity index (χ0) is 11.7. The zero-order valence-electron chi connectivity index (χ0n) is 10.3. The molecule has 2 heteroatoms. The highest BCUT2D eigenvalue weighted by atomic mass is 16.5. The highest BCUT2D eigenvalue weighted by molar-refractivity contribution is 5.64. The number of hydrogen-bond donors (Lipinski definition) is 0. The van der Waals surface area contributed by atoms with Gasteiger partial charge in [0.25, 0.3) is 0 Å². The van der Waals surface area contributed by atoms with Crippen molar-refractivity contribution < 1.29 is 9.47 Å². The van der Waals surface area contributed by atoms with Crippen LogP contribution in [0.2, 0.25) is 0 Å². The Hall–Kier alpha value is -1.44. The Morgan fingerprint density at radius 3 is 2.69 bits per heavy atom. The van der Waals surface area contributed by atoms with E-state index in [9.17, 15) is 0 Å². The first-order chi connectivity index (χ1) is 7.61. The van der Waals surface area contributed by atoms with Crippen molar-refractivity contribution in [2.45, 2.75) is 33.3 Å². The molecule has 0 atom stereocenters. The average molecular weight is 218 g/mol. The second kappa shape index (κ2) is 4.20. The molecule has 0 aliphatic carbocycles. The van der Waals surface area contributed by atoms with Gasteiger partial charge in [0.2, 0.25) is 0 Å². The van der Waals surface area contributed by atoms with Crippen molar-refractivity contribution in [1.29, 1.82) is 0 Å². The summed E-state index contributed by atoms with van der Waals surface area (Å²) in [7, 11) is 1.72. The van der Waals surface area contributed by atoms with Gasteiger partial charge in [-0.25, -0.2) is 0 Å². The number of hydrogen-bond acceptors (Lipinski definition) is 2. The van der Waals surface area contributed by atoms with Crippen molar-refractivity contribution in [3.63, 3.8) is 0 Å². The molecule has 1 heterocycles. The minimum atomic E-state index is 0.506. The Labute approximate surface area is 96.9 Å². The van der Waals surface area contributed by atoms with Crippen molar-refractivity contribution >= 4 is 6.08 Å². The van der Waals surface area contributed by atoms with Crippen molar-refractivity contribution in [2.24, 2.45) is 0 Å². The van der Waals surface area contributed by atoms with Crippen molar-refractivity contribution in [3.05, 3.63) is 34.6 Å². The molecule has 2 rings (SSSR count). The summed E-state index contributed by atoms with van der Waals surface area (Å²) in [6, 6.07) is 4.34. The van der Waals surface area contributed by atoms with Crippen LogP contribution in [0.25, 0.3) is 6.08 Å². The van der Waals surface area contributed by atoms with Gasteiger partial charge in [0.05, 0.1) is 12.9 Å². The summed E-state index contributed by atoms with van der Waals surface area (Å²) in [6.07, 6.45) is 2.04. The van der Waals surface area contributed by atoms with E-state index in [0.717, 1.165) is 17.1 Å². The summed E-state index contributed by atoms with van der Waals surface area (Å²) in [5.41, 5.74) is 3.68. The standard InChI is InChI=1S/C14H18O2/c1-9(2)11-6-12-8-16-10(3)5-13(12)14(7-11)15-4/h5-7,9H,8H2,1-4H3. The highest BCUT2D eigenvalue weighted by Gasteiger charge is 2.15. The number of allylic oxidation sites excluding steroid dienone is 1. The van der Waals surface area contributed by atoms with Crippen LogP contribution >= 0.6 is 0 Å². The number of rotatable bonds is 2. The smallest absolute Gasteiger partial charge is 0.126 e. The molecule has 1 aromatic rings. The maximum absolute atomic E-state index is 5.54. The Kier molecular flexibility index (Phi) is 2.90. The van der Waals surface area contributed by atoms with Crippen molar-refractivity contribution in [1.82, 2.24) is 0 Å². The van der Waals surface area contributed by atoms with E-state index in [0.29, 0.717) is 12.5 Å². The summed E-state index contributed by atoms with van der Waals surface area (Å²) in [6.45, 7) is 6.99. The van der Waals surface area contributed by atoms with Crippen LogP contribution in [0, 0.1) is 0 Å². The number of benzene rings is 1. The molecule has 0 bridgehead atoms. The van der Waals surface area contributed by atoms with Gasteiger partial charge >= 0.3 is 0 Å². The Bertz CT molecular complexity index is 431. The molecule has 0 radical (unpaired) electrons. The summed E-state index contributed by atoms with van der Waals surface area (Å²) < 4.78 is 11.0. The number of methoxy groups -OCH3 is 1. The van der Waals surface area contributed by atoms with E-state index in [4.69, 9.17) is 9.47 Å². The minimum absolute atomic E-state index is 0.506. The normalized spacial score (nSPS) is 14.2. The van der Waals surface area contributed by atoms with E-state index in [1.807, 2.05) is 13.0 Å². The lowest BCUT2D eigenvalue weighted by molar-refractivity contribution is 0.198. The molecule has 0 saturated heterocycles. The predicted molar refractivity (Wildman–Crippen MR) is 65.5 cm³/mol. The van der Waals surface area contributed by atoms with Crippen LogP contribution in [-0.2, 0) is 11.3 Å². The van der Waals surface area contributed by atoms with E-state index in [2.05, 4.69) is 26.0 Å². The molecule has 0 aromatic heterocycles. The molecule has 0 fully saturated rings. The maximum atomic E-state index is 5.54. The molecular formula is C14H18O2. The Morgan fingerprint density at radius 2 is 2.06 bits per heavy atom. The van der Waals surface area contributed by atoms with Gasteiger partial charge in [-0.15, -0.1) is 0 Å². The van der Waals surface area contributed by atoms with E-state index >= 15 is 0 Å². The molecule has 0 unspecified atom stereocenters. The SMILES string of the molecule is COc1cc(C(C)C)cc2c1C=C(C)OC2. The van der Waals surface area contributed by atoms with Crippen LogP contribution in [0.1, 0.15) is 43.4 Å². The fourth-order valence-corrected chi connectivity index (χ4v) is 1.93. The molecule has 2 nitrogen and oxygen atoms in total. The maximum Gasteiger partial charge on any atom is 0.126 e. The van der Waals surface area contributed by atoms with Crippen LogP contribution in [-0.4, -0.2) is 7.11 Å². The second-order valence-corrected chi connectivity index (χ2v) is 4.49. The van der Waals surface area contributed by atoms with Gasteiger partial charge in [0.1, 0.15) is 12.4 Å². The third kappa shape index (κ3) is 1.92. The van der Waals surface area contributed by atoms with E-state index in [-0.39, 0.29) is 0 Å². The molecule has 0 spiro atoms. The van der Waals surface area contributed by atoms with Gasteiger partial charge in [-0.05, 0) is 30.5 Å². The van der Waals surface area contributed by atoms with Crippen molar-refractivity contribution in [2.75, 3.05) is 7.11 Å². The topological polar surface area (TPSA) is 18.5 Å². The molecule has 1 aliphatic rings. The first kappa shape index (κ1) is 11.1. The van der Waals surface area contributed by atoms with Crippen molar-refractivity contribution in [3.8, 4) is 5.75 Å². The van der Waals surface area contributed by atoms with Crippen LogP contribution in [0.15, 0.2) is 17.9 Å². The fourth-order valence-electron chi connectivity index (χ4n) is 1.93. The molecular weight excluding hydrogens is 200 g/mol. The quantitative estimate of drug-likeness (QED) is 0.753. The largest absolute Gasteiger partial charge is 0.496 e. The lowest BCUT2D eigenvalue weighted by Gasteiger charge is -2.20. The van der Waals surface area contributed by atoms with Gasteiger partial charge in [0, 0.05) is 11.1 Å². The molecule has 1 aromatic carbocycles. The summed E-state index contributed by atoms with van der Waals surface area (Å²) in [5.74, 6) is 2.40. The van der Waals surface area contributed by atoms with E-state index < -0.39 is 0 Å².